The summed E-state index contributed by atoms with van der Waals surface area (Å²) in [5.41, 5.74) is 9.02. The highest BCUT2D eigenvalue weighted by atomic mass is 35.5. The van der Waals surface area contributed by atoms with Gasteiger partial charge >= 0.3 is 0 Å². The number of nitrogens with zero attached hydrogens (tertiary/aromatic N) is 1. The van der Waals surface area contributed by atoms with Crippen molar-refractivity contribution in [2.75, 3.05) is 0 Å². The lowest BCUT2D eigenvalue weighted by atomic mass is 10.1. The molecule has 0 bridgehead atoms. The van der Waals surface area contributed by atoms with Crippen LogP contribution in [0.25, 0.3) is 11.1 Å². The van der Waals surface area contributed by atoms with Crippen molar-refractivity contribution >= 4 is 24.8 Å². The summed E-state index contributed by atoms with van der Waals surface area (Å²) in [6.45, 7) is 0.577. The molecule has 0 unspecified atom stereocenters. The number of nitrogens with two attached hydrogens (primary N) is 1. The van der Waals surface area contributed by atoms with E-state index in [0.717, 1.165) is 11.1 Å². The van der Waals surface area contributed by atoms with Crippen LogP contribution in [0.5, 0.6) is 0 Å². The third kappa shape index (κ3) is 3.49. The van der Waals surface area contributed by atoms with Crippen LogP contribution >= 0.6 is 24.8 Å². The summed E-state index contributed by atoms with van der Waals surface area (Å²) >= 11 is 0. The molecule has 0 spiro atoms. The molecular weight excluding hydrogens is 243 g/mol. The Morgan fingerprint density at radius 2 is 1.75 bits per heavy atom. The SMILES string of the molecule is Cl.Cl.NCc1cccc(-c2cccnc2)c1. The summed E-state index contributed by atoms with van der Waals surface area (Å²) in [6, 6.07) is 12.2. The lowest BCUT2D eigenvalue weighted by Crippen LogP contribution is -1.95. The molecule has 16 heavy (non-hydrogen) atoms. The second-order valence-electron chi connectivity index (χ2n) is 3.15. The van der Waals surface area contributed by atoms with Gasteiger partial charge in [0.2, 0.25) is 0 Å². The quantitative estimate of drug-likeness (QED) is 0.898. The number of hydrogen-bond acceptors (Lipinski definition) is 2. The van der Waals surface area contributed by atoms with Crippen LogP contribution in [0.3, 0.4) is 0 Å². The molecule has 2 aromatic rings. The van der Waals surface area contributed by atoms with E-state index in [1.807, 2.05) is 30.5 Å². The number of hydrogen-bond donors (Lipinski definition) is 1. The molecule has 0 aliphatic carbocycles. The zero-order valence-corrected chi connectivity index (χ0v) is 10.3. The number of benzene rings is 1. The molecule has 1 aromatic heterocycles. The molecule has 2 nitrogen and oxygen atoms in total. The van der Waals surface area contributed by atoms with Crippen LogP contribution in [0.1, 0.15) is 5.56 Å². The van der Waals surface area contributed by atoms with Gasteiger partial charge in [0.15, 0.2) is 0 Å². The summed E-state index contributed by atoms with van der Waals surface area (Å²) in [4.78, 5) is 4.09. The van der Waals surface area contributed by atoms with Crippen LogP contribution in [-0.4, -0.2) is 4.98 Å². The maximum absolute atomic E-state index is 5.58. The van der Waals surface area contributed by atoms with Gasteiger partial charge in [0.25, 0.3) is 0 Å². The third-order valence-electron chi connectivity index (χ3n) is 2.16. The number of halogens is 2. The van der Waals surface area contributed by atoms with E-state index in [2.05, 4.69) is 17.1 Å². The van der Waals surface area contributed by atoms with E-state index in [9.17, 15) is 0 Å². The highest BCUT2D eigenvalue weighted by Crippen LogP contribution is 2.18. The van der Waals surface area contributed by atoms with E-state index in [1.54, 1.807) is 6.20 Å². The smallest absolute Gasteiger partial charge is 0.0346 e. The van der Waals surface area contributed by atoms with Crippen LogP contribution in [0.15, 0.2) is 48.8 Å². The van der Waals surface area contributed by atoms with Gasteiger partial charge in [0.1, 0.15) is 0 Å². The highest BCUT2D eigenvalue weighted by molar-refractivity contribution is 5.85. The Morgan fingerprint density at radius 3 is 2.38 bits per heavy atom. The Morgan fingerprint density at radius 1 is 1.00 bits per heavy atom. The fourth-order valence-corrected chi connectivity index (χ4v) is 1.41. The first kappa shape index (κ1) is 14.9. The van der Waals surface area contributed by atoms with Crippen LogP contribution in [0.4, 0.5) is 0 Å². The molecule has 0 radical (unpaired) electrons. The Bertz CT molecular complexity index is 418. The highest BCUT2D eigenvalue weighted by Gasteiger charge is 1.97. The zero-order chi connectivity index (χ0) is 9.80. The molecule has 0 aliphatic heterocycles. The monoisotopic (exact) mass is 256 g/mol. The molecule has 1 aromatic carbocycles. The summed E-state index contributed by atoms with van der Waals surface area (Å²) in [5.74, 6) is 0. The van der Waals surface area contributed by atoms with Crippen LogP contribution in [0.2, 0.25) is 0 Å². The van der Waals surface area contributed by atoms with Gasteiger partial charge in [-0.15, -0.1) is 24.8 Å². The van der Waals surface area contributed by atoms with E-state index >= 15 is 0 Å². The maximum atomic E-state index is 5.58. The predicted molar refractivity (Wildman–Crippen MR) is 72.1 cm³/mol. The second-order valence-corrected chi connectivity index (χ2v) is 3.15. The molecule has 86 valence electrons. The third-order valence-corrected chi connectivity index (χ3v) is 2.16. The average Bonchev–Trinajstić information content (AvgIpc) is 2.30. The first-order valence-electron chi connectivity index (χ1n) is 4.59. The van der Waals surface area contributed by atoms with Gasteiger partial charge in [-0.2, -0.15) is 0 Å². The molecule has 0 aliphatic rings. The Hall–Kier alpha value is -1.09. The summed E-state index contributed by atoms with van der Waals surface area (Å²) in [6.07, 6.45) is 3.63. The van der Waals surface area contributed by atoms with E-state index in [1.165, 1.54) is 5.56 Å². The van der Waals surface area contributed by atoms with Crippen molar-refractivity contribution in [1.29, 1.82) is 0 Å². The van der Waals surface area contributed by atoms with Crippen molar-refractivity contribution in [2.45, 2.75) is 6.54 Å². The predicted octanol–water partition coefficient (Wildman–Crippen LogP) is 3.05. The van der Waals surface area contributed by atoms with Gasteiger partial charge < -0.3 is 5.73 Å². The van der Waals surface area contributed by atoms with Gasteiger partial charge in [-0.1, -0.05) is 24.3 Å². The van der Waals surface area contributed by atoms with Gasteiger partial charge in [-0.25, -0.2) is 0 Å². The minimum absolute atomic E-state index is 0. The Labute approximate surface area is 108 Å². The van der Waals surface area contributed by atoms with Crippen molar-refractivity contribution in [1.82, 2.24) is 4.98 Å². The number of aromatic nitrogens is 1. The summed E-state index contributed by atoms with van der Waals surface area (Å²) in [7, 11) is 0. The Kier molecular flexibility index (Phi) is 6.74. The fourth-order valence-electron chi connectivity index (χ4n) is 1.41. The summed E-state index contributed by atoms with van der Waals surface area (Å²) in [5, 5.41) is 0. The Balaban J connectivity index is 0.00000112. The normalized spacial score (nSPS) is 8.81. The molecule has 0 fully saturated rings. The van der Waals surface area contributed by atoms with Crippen LogP contribution in [-0.2, 0) is 6.54 Å². The lowest BCUT2D eigenvalue weighted by Gasteiger charge is -2.02. The molecule has 4 heteroatoms. The lowest BCUT2D eigenvalue weighted by molar-refractivity contribution is 1.07. The van der Waals surface area contributed by atoms with Crippen molar-refractivity contribution in [3.05, 3.63) is 54.4 Å². The van der Waals surface area contributed by atoms with Gasteiger partial charge in [0, 0.05) is 18.9 Å². The van der Waals surface area contributed by atoms with E-state index in [0.29, 0.717) is 6.54 Å². The van der Waals surface area contributed by atoms with Crippen molar-refractivity contribution in [3.8, 4) is 11.1 Å². The fraction of sp³-hybridized carbons (Fsp3) is 0.0833. The van der Waals surface area contributed by atoms with Gasteiger partial charge in [-0.05, 0) is 28.8 Å². The standard InChI is InChI=1S/C12H12N2.2ClH/c13-8-10-3-1-4-11(7-10)12-5-2-6-14-9-12;;/h1-7,9H,8,13H2;2*1H. The van der Waals surface area contributed by atoms with E-state index in [-0.39, 0.29) is 24.8 Å². The first-order valence-corrected chi connectivity index (χ1v) is 4.59. The largest absolute Gasteiger partial charge is 0.326 e. The topological polar surface area (TPSA) is 38.9 Å². The number of pyridine rings is 1. The molecule has 0 amide bonds. The van der Waals surface area contributed by atoms with Crippen molar-refractivity contribution in [2.24, 2.45) is 5.73 Å². The minimum atomic E-state index is 0. The second kappa shape index (κ2) is 7.23. The van der Waals surface area contributed by atoms with E-state index < -0.39 is 0 Å². The van der Waals surface area contributed by atoms with Crippen LogP contribution < -0.4 is 5.73 Å². The average molecular weight is 257 g/mol. The molecule has 2 N–H and O–H groups in total. The van der Waals surface area contributed by atoms with Crippen LogP contribution in [0, 0.1) is 0 Å². The molecule has 0 saturated carbocycles. The van der Waals surface area contributed by atoms with Gasteiger partial charge in [0.05, 0.1) is 0 Å². The molecular formula is C12H14Cl2N2. The van der Waals surface area contributed by atoms with Gasteiger partial charge in [-0.3, -0.25) is 4.98 Å². The minimum Gasteiger partial charge on any atom is -0.326 e. The van der Waals surface area contributed by atoms with Crippen molar-refractivity contribution in [3.63, 3.8) is 0 Å². The maximum Gasteiger partial charge on any atom is 0.0346 e. The molecule has 1 heterocycles. The van der Waals surface area contributed by atoms with E-state index in [4.69, 9.17) is 5.73 Å². The number of rotatable bonds is 2. The molecule has 0 atom stereocenters. The summed E-state index contributed by atoms with van der Waals surface area (Å²) < 4.78 is 0. The first-order chi connectivity index (χ1) is 6.90. The molecule has 0 saturated heterocycles. The van der Waals surface area contributed by atoms with Crippen molar-refractivity contribution < 1.29 is 0 Å². The zero-order valence-electron chi connectivity index (χ0n) is 8.67. The molecule has 2 rings (SSSR count).